The van der Waals surface area contributed by atoms with E-state index in [2.05, 4.69) is 16.0 Å². The first-order chi connectivity index (χ1) is 13.6. The number of benzene rings is 2. The van der Waals surface area contributed by atoms with Crippen LogP contribution in [-0.2, 0) is 25.5 Å². The fraction of sp³-hybridized carbons (Fsp3) is 0.250. The first kappa shape index (κ1) is 20.9. The Balaban J connectivity index is 1.77. The van der Waals surface area contributed by atoms with Crippen molar-refractivity contribution in [2.75, 3.05) is 37.5 Å². The Morgan fingerprint density at radius 3 is 2.29 bits per heavy atom. The number of anilines is 2. The summed E-state index contributed by atoms with van der Waals surface area (Å²) in [4.78, 5) is 35.5. The monoisotopic (exact) mass is 385 g/mol. The average molecular weight is 385 g/mol. The number of methoxy groups -OCH3 is 1. The van der Waals surface area contributed by atoms with Crippen molar-refractivity contribution in [3.8, 4) is 0 Å². The molecule has 2 aromatic carbocycles. The van der Waals surface area contributed by atoms with Crippen LogP contribution in [0.1, 0.15) is 5.56 Å². The highest BCUT2D eigenvalue weighted by Crippen LogP contribution is 2.15. The molecule has 0 aliphatic heterocycles. The summed E-state index contributed by atoms with van der Waals surface area (Å²) >= 11 is 0. The van der Waals surface area contributed by atoms with E-state index in [4.69, 9.17) is 9.47 Å². The van der Waals surface area contributed by atoms with Crippen LogP contribution in [0.3, 0.4) is 0 Å². The van der Waals surface area contributed by atoms with Gasteiger partial charge in [0.1, 0.15) is 6.61 Å². The number of nitrogens with one attached hydrogen (secondary N) is 3. The minimum absolute atomic E-state index is 0.140. The molecule has 0 bridgehead atoms. The molecule has 0 radical (unpaired) electrons. The van der Waals surface area contributed by atoms with E-state index in [0.717, 1.165) is 5.56 Å². The Bertz CT molecular complexity index is 795. The van der Waals surface area contributed by atoms with E-state index in [0.29, 0.717) is 18.0 Å². The highest BCUT2D eigenvalue weighted by atomic mass is 16.6. The van der Waals surface area contributed by atoms with Gasteiger partial charge in [-0.3, -0.25) is 14.9 Å². The maximum atomic E-state index is 12.0. The van der Waals surface area contributed by atoms with Gasteiger partial charge in [-0.15, -0.1) is 0 Å². The molecule has 0 spiro atoms. The molecular weight excluding hydrogens is 362 g/mol. The highest BCUT2D eigenvalue weighted by Gasteiger charge is 2.08. The molecule has 3 amide bonds. The van der Waals surface area contributed by atoms with E-state index in [9.17, 15) is 14.4 Å². The second-order valence-corrected chi connectivity index (χ2v) is 5.82. The van der Waals surface area contributed by atoms with Crippen LogP contribution in [0.25, 0.3) is 0 Å². The van der Waals surface area contributed by atoms with Crippen LogP contribution in [-0.4, -0.2) is 44.8 Å². The van der Waals surface area contributed by atoms with Gasteiger partial charge in [-0.1, -0.05) is 36.4 Å². The van der Waals surface area contributed by atoms with Gasteiger partial charge in [0.2, 0.25) is 11.8 Å². The number of amides is 3. The molecule has 8 heteroatoms. The van der Waals surface area contributed by atoms with Crippen LogP contribution in [0.15, 0.2) is 54.6 Å². The maximum absolute atomic E-state index is 12.0. The molecule has 3 N–H and O–H groups in total. The Hall–Kier alpha value is -3.39. The molecule has 0 aliphatic rings. The van der Waals surface area contributed by atoms with E-state index < -0.39 is 6.09 Å². The minimum atomic E-state index is -0.617. The number of rotatable bonds is 9. The Kier molecular flexibility index (Phi) is 8.48. The summed E-state index contributed by atoms with van der Waals surface area (Å²) in [5, 5.41) is 7.79. The highest BCUT2D eigenvalue weighted by molar-refractivity contribution is 5.95. The molecule has 0 saturated heterocycles. The molecule has 8 nitrogen and oxygen atoms in total. The first-order valence-electron chi connectivity index (χ1n) is 8.70. The third kappa shape index (κ3) is 7.88. The fourth-order valence-electron chi connectivity index (χ4n) is 2.27. The summed E-state index contributed by atoms with van der Waals surface area (Å²) in [6.45, 7) is 0.295. The van der Waals surface area contributed by atoms with E-state index in [1.807, 2.05) is 30.3 Å². The third-order valence-electron chi connectivity index (χ3n) is 3.57. The van der Waals surface area contributed by atoms with Crippen LogP contribution in [0.4, 0.5) is 16.2 Å². The van der Waals surface area contributed by atoms with E-state index in [-0.39, 0.29) is 31.4 Å². The number of carbonyl (C=O) groups is 3. The summed E-state index contributed by atoms with van der Waals surface area (Å²) in [7, 11) is 1.51. The molecule has 0 heterocycles. The first-order valence-corrected chi connectivity index (χ1v) is 8.70. The molecule has 0 atom stereocenters. The topological polar surface area (TPSA) is 106 Å². The van der Waals surface area contributed by atoms with Gasteiger partial charge in [-0.2, -0.15) is 0 Å². The predicted octanol–water partition coefficient (Wildman–Crippen LogP) is 2.18. The van der Waals surface area contributed by atoms with E-state index in [1.165, 1.54) is 7.11 Å². The van der Waals surface area contributed by atoms with E-state index >= 15 is 0 Å². The van der Waals surface area contributed by atoms with Crippen LogP contribution in [0.2, 0.25) is 0 Å². The Labute approximate surface area is 163 Å². The normalized spacial score (nSPS) is 10.0. The lowest BCUT2D eigenvalue weighted by atomic mass is 10.1. The van der Waals surface area contributed by atoms with Crippen molar-refractivity contribution in [3.05, 3.63) is 60.2 Å². The van der Waals surface area contributed by atoms with Crippen molar-refractivity contribution < 1.29 is 23.9 Å². The molecule has 0 unspecified atom stereocenters. The van der Waals surface area contributed by atoms with Gasteiger partial charge >= 0.3 is 6.09 Å². The van der Waals surface area contributed by atoms with Crippen molar-refractivity contribution in [1.29, 1.82) is 0 Å². The van der Waals surface area contributed by atoms with Crippen molar-refractivity contribution in [1.82, 2.24) is 5.32 Å². The van der Waals surface area contributed by atoms with Crippen LogP contribution in [0, 0.1) is 0 Å². The van der Waals surface area contributed by atoms with Crippen molar-refractivity contribution >= 4 is 29.3 Å². The SMILES string of the molecule is COCCOC(=O)Nc1cccc(NC(=O)CNC(=O)Cc2ccccc2)c1. The molecule has 0 saturated carbocycles. The van der Waals surface area contributed by atoms with Gasteiger partial charge < -0.3 is 20.1 Å². The number of carbonyl (C=O) groups excluding carboxylic acids is 3. The number of ether oxygens (including phenoxy) is 2. The average Bonchev–Trinajstić information content (AvgIpc) is 2.68. The van der Waals surface area contributed by atoms with Gasteiger partial charge in [0.15, 0.2) is 0 Å². The summed E-state index contributed by atoms with van der Waals surface area (Å²) < 4.78 is 9.71. The lowest BCUT2D eigenvalue weighted by Crippen LogP contribution is -2.33. The smallest absolute Gasteiger partial charge is 0.411 e. The van der Waals surface area contributed by atoms with Crippen molar-refractivity contribution in [3.63, 3.8) is 0 Å². The molecular formula is C20H23N3O5. The van der Waals surface area contributed by atoms with Crippen LogP contribution >= 0.6 is 0 Å². The lowest BCUT2D eigenvalue weighted by molar-refractivity contribution is -0.123. The molecule has 0 aliphatic carbocycles. The van der Waals surface area contributed by atoms with Crippen molar-refractivity contribution in [2.45, 2.75) is 6.42 Å². The van der Waals surface area contributed by atoms with Gasteiger partial charge in [0, 0.05) is 18.5 Å². The summed E-state index contributed by atoms with van der Waals surface area (Å²) in [5.74, 6) is -0.614. The number of hydrogen-bond donors (Lipinski definition) is 3. The van der Waals surface area contributed by atoms with Gasteiger partial charge in [0.05, 0.1) is 19.6 Å². The van der Waals surface area contributed by atoms with Crippen molar-refractivity contribution in [2.24, 2.45) is 0 Å². The maximum Gasteiger partial charge on any atom is 0.411 e. The number of hydrogen-bond acceptors (Lipinski definition) is 5. The van der Waals surface area contributed by atoms with Gasteiger partial charge in [0.25, 0.3) is 0 Å². The van der Waals surface area contributed by atoms with Crippen LogP contribution < -0.4 is 16.0 Å². The van der Waals surface area contributed by atoms with Gasteiger partial charge in [-0.05, 0) is 23.8 Å². The summed E-state index contributed by atoms with van der Waals surface area (Å²) in [6, 6.07) is 15.9. The largest absolute Gasteiger partial charge is 0.447 e. The Morgan fingerprint density at radius 1 is 0.857 bits per heavy atom. The fourth-order valence-corrected chi connectivity index (χ4v) is 2.27. The predicted molar refractivity (Wildman–Crippen MR) is 105 cm³/mol. The van der Waals surface area contributed by atoms with Crippen LogP contribution in [0.5, 0.6) is 0 Å². The quantitative estimate of drug-likeness (QED) is 0.574. The molecule has 2 rings (SSSR count). The molecule has 28 heavy (non-hydrogen) atoms. The molecule has 148 valence electrons. The minimum Gasteiger partial charge on any atom is -0.447 e. The second-order valence-electron chi connectivity index (χ2n) is 5.82. The molecule has 0 aromatic heterocycles. The zero-order chi connectivity index (χ0) is 20.2. The zero-order valence-corrected chi connectivity index (χ0v) is 15.6. The molecule has 2 aromatic rings. The second kappa shape index (κ2) is 11.3. The van der Waals surface area contributed by atoms with E-state index in [1.54, 1.807) is 24.3 Å². The lowest BCUT2D eigenvalue weighted by Gasteiger charge is -2.10. The summed E-state index contributed by atoms with van der Waals surface area (Å²) in [6.07, 6.45) is -0.410. The summed E-state index contributed by atoms with van der Waals surface area (Å²) in [5.41, 5.74) is 1.82. The Morgan fingerprint density at radius 2 is 1.57 bits per heavy atom. The third-order valence-corrected chi connectivity index (χ3v) is 3.57. The van der Waals surface area contributed by atoms with Gasteiger partial charge in [-0.25, -0.2) is 4.79 Å². The zero-order valence-electron chi connectivity index (χ0n) is 15.6. The molecule has 0 fully saturated rings. The standard InChI is InChI=1S/C20H23N3O5/c1-27-10-11-28-20(26)23-17-9-5-8-16(13-17)22-19(25)14-21-18(24)12-15-6-3-2-4-7-15/h2-9,13H,10-12,14H2,1H3,(H,21,24)(H,22,25)(H,23,26).